The first-order chi connectivity index (χ1) is 19.7. The van der Waals surface area contributed by atoms with Crippen molar-refractivity contribution in [1.82, 2.24) is 15.2 Å². The molecule has 2 heterocycles. The maximum Gasteiger partial charge on any atom is 0.415 e. The molecular weight excluding hydrogens is 545 g/mol. The lowest BCUT2D eigenvalue weighted by Crippen LogP contribution is -2.43. The zero-order chi connectivity index (χ0) is 29.0. The zero-order valence-corrected chi connectivity index (χ0v) is 21.1. The molecule has 3 aromatic carbocycles. The van der Waals surface area contributed by atoms with Crippen molar-refractivity contribution in [2.24, 2.45) is 0 Å². The number of rotatable bonds is 9. The number of benzene rings is 3. The first-order valence-corrected chi connectivity index (χ1v) is 12.1. The highest BCUT2D eigenvalue weighted by Gasteiger charge is 2.48. The van der Waals surface area contributed by atoms with Gasteiger partial charge in [0.05, 0.1) is 10.5 Å². The maximum atomic E-state index is 13.6. The van der Waals surface area contributed by atoms with Gasteiger partial charge in [0.1, 0.15) is 13.2 Å². The molecular formula is C28H21F3N4O6. The number of hydrogen-bond donors (Lipinski definition) is 1. The quantitative estimate of drug-likeness (QED) is 0.183. The number of ether oxygens (including phenoxy) is 2. The van der Waals surface area contributed by atoms with E-state index in [0.717, 1.165) is 29.5 Å². The van der Waals surface area contributed by atoms with Crippen molar-refractivity contribution in [3.63, 3.8) is 0 Å². The van der Waals surface area contributed by atoms with Gasteiger partial charge in [0, 0.05) is 17.8 Å². The van der Waals surface area contributed by atoms with Gasteiger partial charge in [-0.05, 0) is 29.3 Å². The predicted molar refractivity (Wildman–Crippen MR) is 139 cm³/mol. The minimum atomic E-state index is -4.87. The minimum Gasteiger partial charge on any atom is -0.485 e. The van der Waals surface area contributed by atoms with E-state index >= 15 is 0 Å². The Balaban J connectivity index is 1.53. The summed E-state index contributed by atoms with van der Waals surface area (Å²) >= 11 is 0. The normalized spacial score (nSPS) is 15.0. The SMILES string of the molecule is O=[N+]([O-])c1cc(-c2noc(C3=CC=CN(O)C3C(F)(F)F)n2)cc(OCc2ccccc2)c1OCc1ccccc1. The minimum absolute atomic E-state index is 0.00477. The van der Waals surface area contributed by atoms with E-state index in [-0.39, 0.29) is 41.2 Å². The molecule has 4 aromatic rings. The van der Waals surface area contributed by atoms with E-state index in [2.05, 4.69) is 10.1 Å². The van der Waals surface area contributed by atoms with Crippen LogP contribution in [0.4, 0.5) is 18.9 Å². The molecule has 13 heteroatoms. The molecule has 1 unspecified atom stereocenters. The average molecular weight is 566 g/mol. The van der Waals surface area contributed by atoms with Crippen LogP contribution in [0.1, 0.15) is 17.0 Å². The maximum absolute atomic E-state index is 13.6. The molecule has 1 aliphatic rings. The van der Waals surface area contributed by atoms with Crippen LogP contribution in [-0.4, -0.2) is 37.6 Å². The molecule has 0 fully saturated rings. The second kappa shape index (κ2) is 11.5. The molecule has 0 amide bonds. The Morgan fingerprint density at radius 2 is 1.63 bits per heavy atom. The monoisotopic (exact) mass is 566 g/mol. The largest absolute Gasteiger partial charge is 0.485 e. The summed E-state index contributed by atoms with van der Waals surface area (Å²) in [5.74, 6) is -0.905. The van der Waals surface area contributed by atoms with Crippen LogP contribution in [0.5, 0.6) is 11.5 Å². The molecule has 1 N–H and O–H groups in total. The van der Waals surface area contributed by atoms with E-state index in [9.17, 15) is 28.5 Å². The lowest BCUT2D eigenvalue weighted by Gasteiger charge is -2.29. The standard InChI is InChI=1S/C28H21F3N4O6/c29-28(30,31)25-21(12-7-13-34(25)36)27-32-26(33-41-27)20-14-22(35(37)38)24(40-17-19-10-5-2-6-11-19)23(15-20)39-16-18-8-3-1-4-9-18/h1-15,25,36H,16-17H2. The van der Waals surface area contributed by atoms with Gasteiger partial charge in [0.25, 0.3) is 5.89 Å². The lowest BCUT2D eigenvalue weighted by molar-refractivity contribution is -0.386. The van der Waals surface area contributed by atoms with Gasteiger partial charge in [0.2, 0.25) is 11.6 Å². The fourth-order valence-corrected chi connectivity index (χ4v) is 4.10. The first-order valence-electron chi connectivity index (χ1n) is 12.1. The molecule has 41 heavy (non-hydrogen) atoms. The molecule has 0 radical (unpaired) electrons. The summed E-state index contributed by atoms with van der Waals surface area (Å²) in [4.78, 5) is 15.5. The molecule has 0 saturated heterocycles. The topological polar surface area (TPSA) is 124 Å². The van der Waals surface area contributed by atoms with Crippen molar-refractivity contribution >= 4 is 11.3 Å². The summed E-state index contributed by atoms with van der Waals surface area (Å²) in [7, 11) is 0. The van der Waals surface area contributed by atoms with Gasteiger partial charge in [-0.15, -0.1) is 0 Å². The van der Waals surface area contributed by atoms with Crippen LogP contribution in [-0.2, 0) is 13.2 Å². The zero-order valence-electron chi connectivity index (χ0n) is 21.1. The Morgan fingerprint density at radius 1 is 1.00 bits per heavy atom. The Hall–Kier alpha value is -5.17. The third-order valence-corrected chi connectivity index (χ3v) is 6.01. The van der Waals surface area contributed by atoms with Crippen molar-refractivity contribution in [3.8, 4) is 22.9 Å². The molecule has 1 atom stereocenters. The number of alkyl halides is 3. The van der Waals surface area contributed by atoms with Gasteiger partial charge in [-0.1, -0.05) is 65.8 Å². The fourth-order valence-electron chi connectivity index (χ4n) is 4.10. The second-order valence-corrected chi connectivity index (χ2v) is 8.84. The van der Waals surface area contributed by atoms with Gasteiger partial charge in [0.15, 0.2) is 11.8 Å². The van der Waals surface area contributed by atoms with Crippen LogP contribution < -0.4 is 9.47 Å². The molecule has 0 bridgehead atoms. The highest BCUT2D eigenvalue weighted by Crippen LogP contribution is 2.42. The van der Waals surface area contributed by atoms with Crippen molar-refractivity contribution in [3.05, 3.63) is 118 Å². The number of nitro groups is 1. The van der Waals surface area contributed by atoms with E-state index < -0.39 is 34.3 Å². The summed E-state index contributed by atoms with van der Waals surface area (Å²) < 4.78 is 57.8. The third kappa shape index (κ3) is 6.20. The van der Waals surface area contributed by atoms with Crippen molar-refractivity contribution in [2.75, 3.05) is 0 Å². The van der Waals surface area contributed by atoms with Crippen LogP contribution in [0.15, 0.2) is 95.7 Å². The fraction of sp³-hybridized carbons (Fsp3) is 0.143. The Morgan fingerprint density at radius 3 is 2.24 bits per heavy atom. The molecule has 210 valence electrons. The number of halogens is 3. The van der Waals surface area contributed by atoms with E-state index in [1.54, 1.807) is 24.3 Å². The van der Waals surface area contributed by atoms with E-state index in [0.29, 0.717) is 0 Å². The molecule has 1 aliphatic heterocycles. The van der Waals surface area contributed by atoms with Crippen LogP contribution >= 0.6 is 0 Å². The van der Waals surface area contributed by atoms with Gasteiger partial charge in [-0.2, -0.15) is 18.2 Å². The molecule has 0 saturated carbocycles. The summed E-state index contributed by atoms with van der Waals surface area (Å²) in [6.07, 6.45) is -1.76. The number of hydrogen-bond acceptors (Lipinski definition) is 9. The Bertz CT molecular complexity index is 1590. The second-order valence-electron chi connectivity index (χ2n) is 8.84. The van der Waals surface area contributed by atoms with E-state index in [1.807, 2.05) is 36.4 Å². The Kier molecular flexibility index (Phi) is 7.70. The highest BCUT2D eigenvalue weighted by atomic mass is 19.4. The van der Waals surface area contributed by atoms with Crippen LogP contribution in [0.25, 0.3) is 17.0 Å². The molecule has 5 rings (SSSR count). The molecule has 1 aromatic heterocycles. The summed E-state index contributed by atoms with van der Waals surface area (Å²) in [5, 5.41) is 25.7. The van der Waals surface area contributed by atoms with E-state index in [1.165, 1.54) is 12.1 Å². The third-order valence-electron chi connectivity index (χ3n) is 6.01. The predicted octanol–water partition coefficient (Wildman–Crippen LogP) is 6.34. The first kappa shape index (κ1) is 27.4. The number of nitro benzene ring substituents is 1. The molecule has 0 spiro atoms. The number of hydroxylamine groups is 2. The van der Waals surface area contributed by atoms with Gasteiger partial charge in [-0.3, -0.25) is 15.3 Å². The number of nitrogens with zero attached hydrogens (tertiary/aromatic N) is 4. The summed E-state index contributed by atoms with van der Waals surface area (Å²) in [5.41, 5.74) is 0.606. The number of aromatic nitrogens is 2. The highest BCUT2D eigenvalue weighted by molar-refractivity contribution is 5.72. The van der Waals surface area contributed by atoms with Crippen molar-refractivity contribution in [2.45, 2.75) is 25.4 Å². The average Bonchev–Trinajstić information content (AvgIpc) is 3.45. The lowest BCUT2D eigenvalue weighted by atomic mass is 10.0. The summed E-state index contributed by atoms with van der Waals surface area (Å²) in [6, 6.07) is 18.1. The van der Waals surface area contributed by atoms with Gasteiger partial charge < -0.3 is 14.0 Å². The summed E-state index contributed by atoms with van der Waals surface area (Å²) in [6.45, 7) is 0.0483. The van der Waals surface area contributed by atoms with Crippen molar-refractivity contribution in [1.29, 1.82) is 0 Å². The van der Waals surface area contributed by atoms with Crippen LogP contribution in [0.2, 0.25) is 0 Å². The molecule has 10 nitrogen and oxygen atoms in total. The Labute approximate surface area is 230 Å². The van der Waals surface area contributed by atoms with Gasteiger partial charge >= 0.3 is 11.9 Å². The van der Waals surface area contributed by atoms with Crippen LogP contribution in [0, 0.1) is 10.1 Å². The van der Waals surface area contributed by atoms with Gasteiger partial charge in [-0.25, -0.2) is 5.06 Å². The van der Waals surface area contributed by atoms with E-state index in [4.69, 9.17) is 14.0 Å². The number of allylic oxidation sites excluding steroid dienone is 2. The van der Waals surface area contributed by atoms with Crippen LogP contribution in [0.3, 0.4) is 0 Å². The smallest absolute Gasteiger partial charge is 0.415 e. The van der Waals surface area contributed by atoms with Crippen molar-refractivity contribution < 1.29 is 37.3 Å². The molecule has 0 aliphatic carbocycles.